The van der Waals surface area contributed by atoms with Gasteiger partial charge in [-0.05, 0) is 39.8 Å². The number of esters is 2. The van der Waals surface area contributed by atoms with Gasteiger partial charge in [-0.25, -0.2) is 9.59 Å². The highest BCUT2D eigenvalue weighted by atomic mass is 16.6. The van der Waals surface area contributed by atoms with Gasteiger partial charge in [-0.15, -0.1) is 0 Å². The zero-order valence-electron chi connectivity index (χ0n) is 15.7. The summed E-state index contributed by atoms with van der Waals surface area (Å²) in [6.07, 6.45) is -1.20. The van der Waals surface area contributed by atoms with Crippen LogP contribution in [0.25, 0.3) is 11.1 Å². The summed E-state index contributed by atoms with van der Waals surface area (Å²) in [5.74, 6) is -2.04. The highest BCUT2D eigenvalue weighted by molar-refractivity contribution is 5.97. The Kier molecular flexibility index (Phi) is 5.40. The van der Waals surface area contributed by atoms with E-state index in [1.54, 1.807) is 12.1 Å². The first kappa shape index (κ1) is 18.9. The van der Waals surface area contributed by atoms with Gasteiger partial charge < -0.3 is 14.6 Å². The minimum Gasteiger partial charge on any atom is -0.458 e. The Morgan fingerprint density at radius 2 is 1.45 bits per heavy atom. The maximum absolute atomic E-state index is 12.1. The van der Waals surface area contributed by atoms with Gasteiger partial charge in [0.15, 0.2) is 0 Å². The van der Waals surface area contributed by atoms with Crippen molar-refractivity contribution in [3.05, 3.63) is 95.1 Å². The third-order valence-electron chi connectivity index (χ3n) is 4.99. The van der Waals surface area contributed by atoms with Crippen LogP contribution >= 0.6 is 0 Å². The lowest BCUT2D eigenvalue weighted by atomic mass is 10.0. The summed E-state index contributed by atoms with van der Waals surface area (Å²) in [6.45, 7) is -0.0342. The molecule has 5 heteroatoms. The average molecular weight is 388 g/mol. The number of aliphatic hydroxyl groups is 1. The van der Waals surface area contributed by atoms with E-state index in [0.29, 0.717) is 0 Å². The van der Waals surface area contributed by atoms with E-state index in [9.17, 15) is 14.7 Å². The van der Waals surface area contributed by atoms with Crippen LogP contribution in [-0.2, 0) is 38.7 Å². The van der Waals surface area contributed by atoms with Gasteiger partial charge in [0.2, 0.25) is 6.10 Å². The number of fused-ring (bicyclic) bond motifs is 3. The average Bonchev–Trinajstić information content (AvgIpc) is 3.15. The first-order valence-electron chi connectivity index (χ1n) is 9.38. The van der Waals surface area contributed by atoms with Gasteiger partial charge in [-0.1, -0.05) is 72.8 Å². The number of hydrogen-bond acceptors (Lipinski definition) is 5. The Morgan fingerprint density at radius 1 is 0.793 bits per heavy atom. The Hall–Kier alpha value is -3.44. The second-order valence-electron chi connectivity index (χ2n) is 6.88. The molecule has 0 aliphatic heterocycles. The monoisotopic (exact) mass is 388 g/mol. The molecule has 0 heterocycles. The quantitative estimate of drug-likeness (QED) is 0.405. The molecule has 0 radical (unpaired) electrons. The fraction of sp³-hybridized carbons (Fsp3) is 0.167. The first-order valence-corrected chi connectivity index (χ1v) is 9.38. The lowest BCUT2D eigenvalue weighted by Crippen LogP contribution is -2.33. The van der Waals surface area contributed by atoms with Crippen molar-refractivity contribution in [2.45, 2.75) is 25.7 Å². The molecule has 0 bridgehead atoms. The molecule has 1 N–H and O–H groups in total. The molecule has 29 heavy (non-hydrogen) atoms. The minimum absolute atomic E-state index is 0.0149. The van der Waals surface area contributed by atoms with E-state index in [1.807, 2.05) is 48.5 Å². The molecule has 5 nitrogen and oxygen atoms in total. The van der Waals surface area contributed by atoms with Crippen LogP contribution in [0, 0.1) is 0 Å². The second kappa shape index (κ2) is 8.29. The lowest BCUT2D eigenvalue weighted by Gasteiger charge is -2.12. The number of carbonyl (C=O) groups excluding carboxylic acids is 2. The van der Waals surface area contributed by atoms with Gasteiger partial charge in [0, 0.05) is 0 Å². The second-order valence-corrected chi connectivity index (χ2v) is 6.88. The Bertz CT molecular complexity index is 1040. The van der Waals surface area contributed by atoms with Gasteiger partial charge in [-0.3, -0.25) is 0 Å². The van der Waals surface area contributed by atoms with Crippen LogP contribution in [0.15, 0.2) is 72.8 Å². The van der Waals surface area contributed by atoms with Crippen LogP contribution in [0.4, 0.5) is 0 Å². The molecule has 1 atom stereocenters. The number of hydrogen-bond donors (Lipinski definition) is 1. The molecular formula is C24H20O5. The Balaban J connectivity index is 1.36. The molecule has 146 valence electrons. The van der Waals surface area contributed by atoms with E-state index >= 15 is 0 Å². The maximum Gasteiger partial charge on any atom is 0.347 e. The third kappa shape index (κ3) is 4.05. The van der Waals surface area contributed by atoms with Gasteiger partial charge in [0.05, 0.1) is 0 Å². The Labute approximate surface area is 168 Å². The predicted octanol–water partition coefficient (Wildman–Crippen LogP) is 3.41. The molecule has 1 unspecified atom stereocenters. The zero-order valence-corrected chi connectivity index (χ0v) is 15.7. The predicted molar refractivity (Wildman–Crippen MR) is 107 cm³/mol. The van der Waals surface area contributed by atoms with Crippen LogP contribution < -0.4 is 0 Å². The highest BCUT2D eigenvalue weighted by Gasteiger charge is 2.28. The van der Waals surface area contributed by atoms with E-state index in [0.717, 1.165) is 28.7 Å². The lowest BCUT2D eigenvalue weighted by molar-refractivity contribution is -0.170. The highest BCUT2D eigenvalue weighted by Crippen LogP contribution is 2.38. The van der Waals surface area contributed by atoms with E-state index in [-0.39, 0.29) is 13.2 Å². The maximum atomic E-state index is 12.1. The van der Waals surface area contributed by atoms with Crippen molar-refractivity contribution in [3.8, 4) is 11.1 Å². The van der Waals surface area contributed by atoms with Gasteiger partial charge in [-0.2, -0.15) is 0 Å². The van der Waals surface area contributed by atoms with Crippen LogP contribution in [0.3, 0.4) is 0 Å². The fourth-order valence-corrected chi connectivity index (χ4v) is 3.49. The van der Waals surface area contributed by atoms with Gasteiger partial charge >= 0.3 is 11.9 Å². The Morgan fingerprint density at radius 3 is 2.24 bits per heavy atom. The van der Waals surface area contributed by atoms with Gasteiger partial charge in [0.25, 0.3) is 0 Å². The molecular weight excluding hydrogens is 368 g/mol. The number of benzene rings is 3. The van der Waals surface area contributed by atoms with E-state index in [4.69, 9.17) is 9.47 Å². The van der Waals surface area contributed by atoms with Crippen molar-refractivity contribution in [1.29, 1.82) is 0 Å². The molecule has 1 aliphatic carbocycles. The molecule has 4 rings (SSSR count). The molecule has 0 aromatic heterocycles. The van der Waals surface area contributed by atoms with E-state index in [2.05, 4.69) is 12.1 Å². The summed E-state index contributed by atoms with van der Waals surface area (Å²) in [6, 6.07) is 23.0. The van der Waals surface area contributed by atoms with Crippen LogP contribution in [0.2, 0.25) is 0 Å². The van der Waals surface area contributed by atoms with Crippen LogP contribution in [0.1, 0.15) is 22.3 Å². The first-order chi connectivity index (χ1) is 14.1. The van der Waals surface area contributed by atoms with Crippen molar-refractivity contribution in [2.24, 2.45) is 0 Å². The fourth-order valence-electron chi connectivity index (χ4n) is 3.49. The van der Waals surface area contributed by atoms with Crippen LogP contribution in [0.5, 0.6) is 0 Å². The summed E-state index contributed by atoms with van der Waals surface area (Å²) in [7, 11) is 0. The summed E-state index contributed by atoms with van der Waals surface area (Å²) < 4.78 is 10.2. The molecule has 0 amide bonds. The summed E-state index contributed by atoms with van der Waals surface area (Å²) in [5, 5.41) is 9.93. The van der Waals surface area contributed by atoms with Gasteiger partial charge in [0.1, 0.15) is 13.2 Å². The smallest absolute Gasteiger partial charge is 0.347 e. The molecule has 3 aromatic rings. The topological polar surface area (TPSA) is 72.8 Å². The number of carbonyl (C=O) groups is 2. The summed E-state index contributed by atoms with van der Waals surface area (Å²) in [4.78, 5) is 24.0. The van der Waals surface area contributed by atoms with Crippen molar-refractivity contribution in [1.82, 2.24) is 0 Å². The summed E-state index contributed by atoms with van der Waals surface area (Å²) in [5.41, 5.74) is 6.25. The molecule has 0 saturated heterocycles. The molecule has 1 aliphatic rings. The molecule has 0 fully saturated rings. The van der Waals surface area contributed by atoms with Crippen molar-refractivity contribution < 1.29 is 24.2 Å². The van der Waals surface area contributed by atoms with Crippen molar-refractivity contribution in [2.75, 3.05) is 0 Å². The summed E-state index contributed by atoms with van der Waals surface area (Å²) >= 11 is 0. The van der Waals surface area contributed by atoms with Crippen molar-refractivity contribution >= 4 is 11.9 Å². The number of aliphatic hydroxyl groups excluding tert-OH is 1. The molecule has 0 saturated carbocycles. The SMILES string of the molecule is O=C(OCc1ccccc1)C(O)C(=O)OCc1cccc2c1Cc1ccccc1-2. The molecule has 0 spiro atoms. The number of ether oxygens (including phenoxy) is 2. The van der Waals surface area contributed by atoms with Crippen molar-refractivity contribution in [3.63, 3.8) is 0 Å². The standard InChI is InChI=1S/C24H20O5/c25-22(23(26)28-14-16-7-2-1-3-8-16)24(27)29-15-18-10-6-12-20-19-11-5-4-9-17(19)13-21(18)20/h1-12,22,25H,13-15H2. The largest absolute Gasteiger partial charge is 0.458 e. The minimum atomic E-state index is -1.97. The van der Waals surface area contributed by atoms with E-state index < -0.39 is 18.0 Å². The number of rotatable bonds is 6. The molecule has 3 aromatic carbocycles. The van der Waals surface area contributed by atoms with E-state index in [1.165, 1.54) is 11.1 Å². The van der Waals surface area contributed by atoms with Crippen LogP contribution in [-0.4, -0.2) is 23.1 Å². The third-order valence-corrected chi connectivity index (χ3v) is 4.99. The normalized spacial score (nSPS) is 12.6. The zero-order chi connectivity index (χ0) is 20.2.